The maximum Gasteiger partial charge on any atom is 0.214 e. The summed E-state index contributed by atoms with van der Waals surface area (Å²) in [5, 5.41) is 8.66. The fourth-order valence-corrected chi connectivity index (χ4v) is 3.86. The number of nitrogens with one attached hydrogen (secondary N) is 1. The lowest BCUT2D eigenvalue weighted by Gasteiger charge is -2.08. The second-order valence-corrected chi connectivity index (χ2v) is 7.84. The number of anilines is 1. The van der Waals surface area contributed by atoms with E-state index in [-0.39, 0.29) is 12.4 Å². The quantitative estimate of drug-likeness (QED) is 0.385. The third-order valence-corrected chi connectivity index (χ3v) is 5.60. The zero-order valence-corrected chi connectivity index (χ0v) is 17.2. The van der Waals surface area contributed by atoms with Gasteiger partial charge >= 0.3 is 0 Å². The molecule has 0 amide bonds. The van der Waals surface area contributed by atoms with E-state index in [0.29, 0.717) is 17.9 Å². The van der Waals surface area contributed by atoms with Crippen molar-refractivity contribution in [3.05, 3.63) is 96.2 Å². The van der Waals surface area contributed by atoms with Crippen molar-refractivity contribution in [2.24, 2.45) is 0 Å². The predicted molar refractivity (Wildman–Crippen MR) is 119 cm³/mol. The summed E-state index contributed by atoms with van der Waals surface area (Å²) < 4.78 is 21.1. The molecule has 154 valence electrons. The van der Waals surface area contributed by atoms with Crippen LogP contribution < -0.4 is 10.1 Å². The molecule has 0 aliphatic heterocycles. The van der Waals surface area contributed by atoms with Gasteiger partial charge < -0.3 is 10.1 Å². The van der Waals surface area contributed by atoms with Gasteiger partial charge in [-0.15, -0.1) is 5.10 Å². The second kappa shape index (κ2) is 8.53. The Kier molecular flexibility index (Phi) is 5.28. The maximum absolute atomic E-state index is 13.7. The number of rotatable bonds is 7. The summed E-state index contributed by atoms with van der Waals surface area (Å²) in [4.78, 5) is 9.56. The minimum Gasteiger partial charge on any atom is -0.489 e. The summed E-state index contributed by atoms with van der Waals surface area (Å²) in [6, 6.07) is 18.2. The summed E-state index contributed by atoms with van der Waals surface area (Å²) in [7, 11) is 0. The number of aromatic nitrogens is 4. The first-order chi connectivity index (χ1) is 15.2. The van der Waals surface area contributed by atoms with Crippen LogP contribution in [0, 0.1) is 5.82 Å². The molecular formula is C23H18FN5OS. The summed E-state index contributed by atoms with van der Waals surface area (Å²) in [6.07, 6.45) is 5.43. The zero-order valence-electron chi connectivity index (χ0n) is 16.4. The molecule has 0 saturated carbocycles. The maximum atomic E-state index is 13.7. The van der Waals surface area contributed by atoms with E-state index in [2.05, 4.69) is 20.4 Å². The Hall–Kier alpha value is -3.78. The van der Waals surface area contributed by atoms with E-state index < -0.39 is 0 Å². The first-order valence-corrected chi connectivity index (χ1v) is 10.5. The van der Waals surface area contributed by atoms with Gasteiger partial charge in [-0.3, -0.25) is 4.98 Å². The van der Waals surface area contributed by atoms with Gasteiger partial charge in [-0.25, -0.2) is 13.9 Å². The molecule has 0 aliphatic rings. The van der Waals surface area contributed by atoms with Gasteiger partial charge in [-0.2, -0.15) is 0 Å². The number of benzene rings is 2. The average molecular weight is 431 g/mol. The van der Waals surface area contributed by atoms with Gasteiger partial charge in [0.1, 0.15) is 18.2 Å². The van der Waals surface area contributed by atoms with Crippen LogP contribution in [0.1, 0.15) is 11.1 Å². The predicted octanol–water partition coefficient (Wildman–Crippen LogP) is 5.18. The van der Waals surface area contributed by atoms with Gasteiger partial charge in [-0.1, -0.05) is 41.7 Å². The number of fused-ring (bicyclic) bond motifs is 1. The molecule has 0 fully saturated rings. The molecule has 31 heavy (non-hydrogen) atoms. The van der Waals surface area contributed by atoms with E-state index in [1.807, 2.05) is 42.6 Å². The Morgan fingerprint density at radius 2 is 1.90 bits per heavy atom. The van der Waals surface area contributed by atoms with Crippen molar-refractivity contribution in [3.63, 3.8) is 0 Å². The summed E-state index contributed by atoms with van der Waals surface area (Å²) in [5.74, 6) is 0.438. The van der Waals surface area contributed by atoms with Crippen LogP contribution in [0.25, 0.3) is 16.2 Å². The van der Waals surface area contributed by atoms with Crippen LogP contribution in [-0.2, 0) is 13.2 Å². The average Bonchev–Trinajstić information content (AvgIpc) is 3.38. The number of imidazole rings is 1. The fraction of sp³-hybridized carbons (Fsp3) is 0.0870. The van der Waals surface area contributed by atoms with Crippen LogP contribution in [0.15, 0.2) is 79.3 Å². The molecule has 0 unspecified atom stereocenters. The summed E-state index contributed by atoms with van der Waals surface area (Å²) >= 11 is 1.49. The first-order valence-electron chi connectivity index (χ1n) is 9.70. The summed E-state index contributed by atoms with van der Waals surface area (Å²) in [6.45, 7) is 0.823. The molecule has 1 N–H and O–H groups in total. The van der Waals surface area contributed by atoms with Crippen LogP contribution in [0.4, 0.5) is 9.52 Å². The lowest BCUT2D eigenvalue weighted by Crippen LogP contribution is -2.01. The van der Waals surface area contributed by atoms with Gasteiger partial charge in [0.05, 0.1) is 11.9 Å². The zero-order chi connectivity index (χ0) is 21.0. The number of nitrogens with zero attached hydrogens (tertiary/aromatic N) is 4. The molecule has 0 saturated heterocycles. The lowest BCUT2D eigenvalue weighted by atomic mass is 10.2. The van der Waals surface area contributed by atoms with E-state index in [1.54, 1.807) is 35.1 Å². The molecule has 3 heterocycles. The molecular weight excluding hydrogens is 413 g/mol. The second-order valence-electron chi connectivity index (χ2n) is 6.88. The molecule has 2 aromatic carbocycles. The van der Waals surface area contributed by atoms with Crippen molar-refractivity contribution in [2.45, 2.75) is 13.2 Å². The van der Waals surface area contributed by atoms with Crippen LogP contribution in [0.3, 0.4) is 0 Å². The van der Waals surface area contributed by atoms with Gasteiger partial charge in [0, 0.05) is 30.1 Å². The van der Waals surface area contributed by atoms with E-state index in [4.69, 9.17) is 4.74 Å². The molecule has 0 spiro atoms. The minimum absolute atomic E-state index is 0.199. The molecule has 0 bridgehead atoms. The molecule has 3 aromatic heterocycles. The number of halogens is 1. The van der Waals surface area contributed by atoms with E-state index in [9.17, 15) is 4.39 Å². The number of ether oxygens (including phenoxy) is 1. The van der Waals surface area contributed by atoms with E-state index >= 15 is 0 Å². The largest absolute Gasteiger partial charge is 0.489 e. The Morgan fingerprint density at radius 3 is 2.68 bits per heavy atom. The van der Waals surface area contributed by atoms with Crippen molar-refractivity contribution < 1.29 is 9.13 Å². The standard InChI is InChI=1S/C23H18FN5OS/c24-20-6-2-1-4-18(20)15-30-19-9-7-16(8-10-19)12-26-22-28-29-14-21(27-23(29)31-22)17-5-3-11-25-13-17/h1-11,13-14H,12,15H2,(H,26,28). The summed E-state index contributed by atoms with van der Waals surface area (Å²) in [5.41, 5.74) is 3.44. The third-order valence-electron chi connectivity index (χ3n) is 4.72. The smallest absolute Gasteiger partial charge is 0.214 e. The highest BCUT2D eigenvalue weighted by atomic mass is 32.1. The lowest BCUT2D eigenvalue weighted by molar-refractivity contribution is 0.300. The van der Waals surface area contributed by atoms with Crippen molar-refractivity contribution in [1.29, 1.82) is 0 Å². The van der Waals surface area contributed by atoms with E-state index in [1.165, 1.54) is 17.4 Å². The topological polar surface area (TPSA) is 64.3 Å². The molecule has 6 nitrogen and oxygen atoms in total. The Morgan fingerprint density at radius 1 is 1.03 bits per heavy atom. The molecule has 0 radical (unpaired) electrons. The van der Waals surface area contributed by atoms with Crippen LogP contribution >= 0.6 is 11.3 Å². The first kappa shape index (κ1) is 19.2. The van der Waals surface area contributed by atoms with Crippen molar-refractivity contribution in [1.82, 2.24) is 19.6 Å². The molecule has 0 aliphatic carbocycles. The third kappa shape index (κ3) is 4.39. The number of hydrogen-bond acceptors (Lipinski definition) is 6. The van der Waals surface area contributed by atoms with Crippen LogP contribution in [0.5, 0.6) is 5.75 Å². The highest BCUT2D eigenvalue weighted by molar-refractivity contribution is 7.20. The van der Waals surface area contributed by atoms with Gasteiger partial charge in [-0.05, 0) is 35.9 Å². The highest BCUT2D eigenvalue weighted by Crippen LogP contribution is 2.24. The van der Waals surface area contributed by atoms with Gasteiger partial charge in [0.2, 0.25) is 10.1 Å². The Balaban J connectivity index is 1.18. The normalized spacial score (nSPS) is 11.0. The van der Waals surface area contributed by atoms with Gasteiger partial charge in [0.15, 0.2) is 0 Å². The van der Waals surface area contributed by atoms with E-state index in [0.717, 1.165) is 26.9 Å². The van der Waals surface area contributed by atoms with Crippen molar-refractivity contribution in [2.75, 3.05) is 5.32 Å². The SMILES string of the molecule is Fc1ccccc1COc1ccc(CNc2nn3cc(-c4cccnc4)nc3s2)cc1. The Labute approximate surface area is 182 Å². The molecule has 5 rings (SSSR count). The van der Waals surface area contributed by atoms with Crippen molar-refractivity contribution in [3.8, 4) is 17.0 Å². The van der Waals surface area contributed by atoms with Crippen LogP contribution in [0.2, 0.25) is 0 Å². The van der Waals surface area contributed by atoms with Crippen LogP contribution in [-0.4, -0.2) is 19.6 Å². The number of pyridine rings is 1. The van der Waals surface area contributed by atoms with Gasteiger partial charge in [0.25, 0.3) is 0 Å². The highest BCUT2D eigenvalue weighted by Gasteiger charge is 2.10. The number of hydrogen-bond donors (Lipinski definition) is 1. The molecule has 8 heteroatoms. The fourth-order valence-electron chi connectivity index (χ4n) is 3.08. The Bertz CT molecular complexity index is 1270. The molecule has 5 aromatic rings. The molecule has 0 atom stereocenters. The van der Waals surface area contributed by atoms with Crippen molar-refractivity contribution >= 4 is 21.4 Å². The monoisotopic (exact) mass is 431 g/mol. The minimum atomic E-state index is -0.259.